The van der Waals surface area contributed by atoms with E-state index in [0.29, 0.717) is 25.3 Å². The lowest BCUT2D eigenvalue weighted by atomic mass is 10.0. The van der Waals surface area contributed by atoms with Crippen molar-refractivity contribution in [3.8, 4) is 22.8 Å². The summed E-state index contributed by atoms with van der Waals surface area (Å²) in [6.45, 7) is 7.99. The second-order valence-corrected chi connectivity index (χ2v) is 11.6. The molecule has 186 valence electrons. The van der Waals surface area contributed by atoms with Crippen molar-refractivity contribution in [2.24, 2.45) is 0 Å². The molecule has 2 N–H and O–H groups in total. The highest BCUT2D eigenvalue weighted by Crippen LogP contribution is 2.31. The Labute approximate surface area is 215 Å². The van der Waals surface area contributed by atoms with Crippen LogP contribution in [0.5, 0.6) is 0 Å². The Hall–Kier alpha value is -2.83. The van der Waals surface area contributed by atoms with Gasteiger partial charge in [0.25, 0.3) is 0 Å². The van der Waals surface area contributed by atoms with Gasteiger partial charge in [0, 0.05) is 24.8 Å². The fraction of sp³-hybridized carbons (Fsp3) is 0.462. The molecule has 0 radical (unpaired) electrons. The van der Waals surface area contributed by atoms with Gasteiger partial charge in [-0.25, -0.2) is 4.98 Å². The van der Waals surface area contributed by atoms with E-state index < -0.39 is 16.8 Å². The second-order valence-electron chi connectivity index (χ2n) is 9.10. The van der Waals surface area contributed by atoms with E-state index in [-0.39, 0.29) is 17.7 Å². The number of likely N-dealkylation sites (tertiary alicyclic amines) is 1. The number of nitrogens with zero attached hydrogens (tertiary/aromatic N) is 2. The number of aromatic nitrogens is 1. The molecule has 1 aromatic carbocycles. The summed E-state index contributed by atoms with van der Waals surface area (Å²) in [6.07, 6.45) is 6.73. The summed E-state index contributed by atoms with van der Waals surface area (Å²) in [6, 6.07) is 6.69. The van der Waals surface area contributed by atoms with Gasteiger partial charge in [0.05, 0.1) is 21.8 Å². The summed E-state index contributed by atoms with van der Waals surface area (Å²) in [4.78, 5) is 45.5. The third kappa shape index (κ3) is 6.65. The lowest BCUT2D eigenvalue weighted by Crippen LogP contribution is -2.59. The average Bonchev–Trinajstić information content (AvgIpc) is 3.49. The number of thioether (sulfide) groups is 1. The minimum absolute atomic E-state index is 0.186. The van der Waals surface area contributed by atoms with E-state index in [1.807, 2.05) is 50.5 Å². The zero-order valence-electron chi connectivity index (χ0n) is 20.6. The van der Waals surface area contributed by atoms with Crippen molar-refractivity contribution >= 4 is 40.8 Å². The molecule has 7 nitrogen and oxygen atoms in total. The van der Waals surface area contributed by atoms with Gasteiger partial charge < -0.3 is 15.5 Å². The first kappa shape index (κ1) is 26.8. The third-order valence-corrected chi connectivity index (χ3v) is 8.35. The average molecular weight is 513 g/mol. The minimum Gasteiger partial charge on any atom is -0.350 e. The van der Waals surface area contributed by atoms with Crippen LogP contribution in [0.1, 0.15) is 44.9 Å². The Morgan fingerprint density at radius 1 is 1.31 bits per heavy atom. The molecular weight excluding hydrogens is 480 g/mol. The van der Waals surface area contributed by atoms with Gasteiger partial charge in [-0.2, -0.15) is 0 Å². The molecule has 0 bridgehead atoms. The zero-order chi connectivity index (χ0) is 25.6. The van der Waals surface area contributed by atoms with Crippen LogP contribution in [0.4, 0.5) is 0 Å². The Bertz CT molecular complexity index is 1100. The number of rotatable bonds is 9. The lowest BCUT2D eigenvalue weighted by Gasteiger charge is -2.36. The van der Waals surface area contributed by atoms with Crippen molar-refractivity contribution in [3.63, 3.8) is 0 Å². The molecule has 9 heteroatoms. The van der Waals surface area contributed by atoms with Crippen molar-refractivity contribution < 1.29 is 14.4 Å². The molecular formula is C26H32N4O3S2. The molecule has 0 spiro atoms. The number of hydrogen-bond donors (Lipinski definition) is 2. The predicted molar refractivity (Wildman–Crippen MR) is 142 cm³/mol. The van der Waals surface area contributed by atoms with Crippen LogP contribution in [0.25, 0.3) is 10.4 Å². The van der Waals surface area contributed by atoms with E-state index in [2.05, 4.69) is 21.5 Å². The highest BCUT2D eigenvalue weighted by molar-refractivity contribution is 8.00. The number of hydrogen-bond acceptors (Lipinski definition) is 6. The SMILES string of the molecule is C#CCSC(C)(C)[C@H](NC(C)=O)C(=O)N1CCC[C@H]1C(=O)NCc1ccc(-c2scnc2C)cc1. The van der Waals surface area contributed by atoms with Crippen LogP contribution in [0, 0.1) is 19.3 Å². The van der Waals surface area contributed by atoms with Gasteiger partial charge in [-0.15, -0.1) is 29.5 Å². The van der Waals surface area contributed by atoms with Crippen molar-refractivity contribution in [3.05, 3.63) is 41.0 Å². The number of amides is 3. The van der Waals surface area contributed by atoms with Crippen LogP contribution in [0.3, 0.4) is 0 Å². The molecule has 35 heavy (non-hydrogen) atoms. The molecule has 3 amide bonds. The summed E-state index contributed by atoms with van der Waals surface area (Å²) in [5.74, 6) is 2.26. The van der Waals surface area contributed by atoms with Gasteiger partial charge in [0.15, 0.2) is 0 Å². The Morgan fingerprint density at radius 3 is 2.63 bits per heavy atom. The van der Waals surface area contributed by atoms with Gasteiger partial charge in [-0.3, -0.25) is 14.4 Å². The van der Waals surface area contributed by atoms with E-state index in [4.69, 9.17) is 6.42 Å². The van der Waals surface area contributed by atoms with Gasteiger partial charge in [0.2, 0.25) is 17.7 Å². The Balaban J connectivity index is 1.66. The number of thiazole rings is 1. The van der Waals surface area contributed by atoms with E-state index in [1.165, 1.54) is 18.7 Å². The van der Waals surface area contributed by atoms with Crippen LogP contribution in [0.2, 0.25) is 0 Å². The molecule has 0 aliphatic carbocycles. The molecule has 2 aromatic rings. The number of carbonyl (C=O) groups excluding carboxylic acids is 3. The molecule has 0 saturated carbocycles. The maximum Gasteiger partial charge on any atom is 0.247 e. The van der Waals surface area contributed by atoms with Gasteiger partial charge in [-0.1, -0.05) is 30.2 Å². The van der Waals surface area contributed by atoms with E-state index >= 15 is 0 Å². The molecule has 1 saturated heterocycles. The number of benzene rings is 1. The normalized spacial score (nSPS) is 16.4. The van der Waals surface area contributed by atoms with Crippen LogP contribution in [-0.2, 0) is 20.9 Å². The molecule has 1 aliphatic rings. The highest BCUT2D eigenvalue weighted by Gasteiger charge is 2.43. The standard InChI is InChI=1S/C26H32N4O3S2/c1-6-14-35-26(4,5)23(29-18(3)31)25(33)30-13-7-8-21(30)24(32)27-15-19-9-11-20(12-10-19)22-17(2)28-16-34-22/h1,9-12,16,21,23H,7-8,13-15H2,2-5H3,(H,27,32)(H,29,31)/t21-,23+/m0/s1. The van der Waals surface area contributed by atoms with Gasteiger partial charge in [-0.05, 0) is 44.7 Å². The van der Waals surface area contributed by atoms with Crippen molar-refractivity contribution in [1.29, 1.82) is 0 Å². The van der Waals surface area contributed by atoms with Gasteiger partial charge in [0.1, 0.15) is 12.1 Å². The van der Waals surface area contributed by atoms with Crippen LogP contribution in [-0.4, -0.2) is 56.7 Å². The smallest absolute Gasteiger partial charge is 0.247 e. The first-order valence-electron chi connectivity index (χ1n) is 11.6. The molecule has 0 unspecified atom stereocenters. The number of terminal acetylenes is 1. The first-order valence-corrected chi connectivity index (χ1v) is 13.4. The van der Waals surface area contributed by atoms with E-state index in [1.54, 1.807) is 16.2 Å². The lowest BCUT2D eigenvalue weighted by molar-refractivity contribution is -0.141. The maximum atomic E-state index is 13.5. The molecule has 2 heterocycles. The van der Waals surface area contributed by atoms with Crippen molar-refractivity contribution in [2.75, 3.05) is 12.3 Å². The highest BCUT2D eigenvalue weighted by atomic mass is 32.2. The van der Waals surface area contributed by atoms with Crippen LogP contribution < -0.4 is 10.6 Å². The van der Waals surface area contributed by atoms with Gasteiger partial charge >= 0.3 is 0 Å². The first-order chi connectivity index (χ1) is 16.6. The quantitative estimate of drug-likeness (QED) is 0.503. The number of nitrogens with one attached hydrogen (secondary N) is 2. The van der Waals surface area contributed by atoms with E-state index in [0.717, 1.165) is 28.1 Å². The molecule has 1 aliphatic heterocycles. The predicted octanol–water partition coefficient (Wildman–Crippen LogP) is 3.38. The Morgan fingerprint density at radius 2 is 2.03 bits per heavy atom. The molecule has 1 aromatic heterocycles. The summed E-state index contributed by atoms with van der Waals surface area (Å²) >= 11 is 3.03. The van der Waals surface area contributed by atoms with Crippen LogP contribution >= 0.6 is 23.1 Å². The van der Waals surface area contributed by atoms with Crippen molar-refractivity contribution in [1.82, 2.24) is 20.5 Å². The maximum absolute atomic E-state index is 13.5. The second kappa shape index (κ2) is 11.7. The fourth-order valence-corrected chi connectivity index (χ4v) is 5.77. The largest absolute Gasteiger partial charge is 0.350 e. The summed E-state index contributed by atoms with van der Waals surface area (Å²) in [7, 11) is 0. The summed E-state index contributed by atoms with van der Waals surface area (Å²) in [5.41, 5.74) is 4.91. The monoisotopic (exact) mass is 512 g/mol. The summed E-state index contributed by atoms with van der Waals surface area (Å²) < 4.78 is -0.628. The minimum atomic E-state index is -0.783. The third-order valence-electron chi connectivity index (χ3n) is 6.08. The molecule has 2 atom stereocenters. The van der Waals surface area contributed by atoms with E-state index in [9.17, 15) is 14.4 Å². The topological polar surface area (TPSA) is 91.4 Å². The molecule has 1 fully saturated rings. The van der Waals surface area contributed by atoms with Crippen LogP contribution in [0.15, 0.2) is 29.8 Å². The fourth-order valence-electron chi connectivity index (χ4n) is 4.18. The van der Waals surface area contributed by atoms with Crippen molar-refractivity contribution in [2.45, 2.75) is 63.9 Å². The number of carbonyl (C=O) groups is 3. The number of aryl methyl sites for hydroxylation is 1. The summed E-state index contributed by atoms with van der Waals surface area (Å²) in [5, 5.41) is 5.77. The molecule has 3 rings (SSSR count). The zero-order valence-corrected chi connectivity index (χ0v) is 22.2. The Kier molecular flexibility index (Phi) is 8.98.